The fraction of sp³-hybridized carbons (Fsp3) is 0.259. The number of nitrogens with one attached hydrogen (secondary N) is 3. The first kappa shape index (κ1) is 21.1. The van der Waals surface area contributed by atoms with Gasteiger partial charge in [0.1, 0.15) is 11.6 Å². The Balaban J connectivity index is 1.30. The minimum Gasteiger partial charge on any atom is -0.497 e. The summed E-state index contributed by atoms with van der Waals surface area (Å²) >= 11 is 0. The molecule has 2 atom stereocenters. The van der Waals surface area contributed by atoms with E-state index in [0.29, 0.717) is 18.9 Å². The zero-order chi connectivity index (χ0) is 22.6. The monoisotopic (exact) mass is 440 g/mol. The number of hydrogen-bond acceptors (Lipinski definition) is 3. The van der Waals surface area contributed by atoms with E-state index in [2.05, 4.69) is 39.9 Å². The number of ether oxygens (including phenoxy) is 1. The smallest absolute Gasteiger partial charge is 0.315 e. The Morgan fingerprint density at radius 3 is 2.70 bits per heavy atom. The van der Waals surface area contributed by atoms with Gasteiger partial charge < -0.3 is 20.4 Å². The number of benzene rings is 3. The van der Waals surface area contributed by atoms with Crippen LogP contribution in [0, 0.1) is 0 Å². The molecule has 2 amide bonds. The van der Waals surface area contributed by atoms with E-state index in [1.807, 2.05) is 48.5 Å². The average molecular weight is 441 g/mol. The lowest BCUT2D eigenvalue weighted by Gasteiger charge is -2.19. The number of para-hydroxylation sites is 2. The van der Waals surface area contributed by atoms with Gasteiger partial charge in [-0.05, 0) is 60.2 Å². The molecule has 6 nitrogen and oxygen atoms in total. The molecular weight excluding hydrogens is 412 g/mol. The van der Waals surface area contributed by atoms with Crippen molar-refractivity contribution in [2.45, 2.75) is 31.2 Å². The Kier molecular flexibility index (Phi) is 5.98. The summed E-state index contributed by atoms with van der Waals surface area (Å²) in [6.45, 7) is 0.623. The number of rotatable bonds is 7. The number of aromatic nitrogens is 2. The van der Waals surface area contributed by atoms with Crippen LogP contribution in [-0.2, 0) is 12.8 Å². The summed E-state index contributed by atoms with van der Waals surface area (Å²) in [4.78, 5) is 21.0. The van der Waals surface area contributed by atoms with Gasteiger partial charge in [0, 0.05) is 12.5 Å². The third-order valence-corrected chi connectivity index (χ3v) is 6.41. The lowest BCUT2D eigenvalue weighted by molar-refractivity contribution is 0.235. The Morgan fingerprint density at radius 1 is 1.09 bits per heavy atom. The number of carbonyl (C=O) groups is 1. The third-order valence-electron chi connectivity index (χ3n) is 6.41. The van der Waals surface area contributed by atoms with Gasteiger partial charge in [0.15, 0.2) is 0 Å². The molecule has 1 heterocycles. The quantitative estimate of drug-likeness (QED) is 0.383. The van der Waals surface area contributed by atoms with Crippen molar-refractivity contribution in [1.82, 2.24) is 20.6 Å². The minimum atomic E-state index is -0.290. The van der Waals surface area contributed by atoms with Crippen LogP contribution in [0.5, 0.6) is 5.75 Å². The first-order valence-electron chi connectivity index (χ1n) is 11.4. The molecule has 0 fully saturated rings. The molecule has 0 aliphatic heterocycles. The van der Waals surface area contributed by atoms with Crippen molar-refractivity contribution in [2.75, 3.05) is 13.7 Å². The van der Waals surface area contributed by atoms with Gasteiger partial charge in [-0.2, -0.15) is 0 Å². The lowest BCUT2D eigenvalue weighted by Crippen LogP contribution is -2.40. The van der Waals surface area contributed by atoms with Crippen LogP contribution in [0.1, 0.15) is 40.9 Å². The molecule has 1 unspecified atom stereocenters. The summed E-state index contributed by atoms with van der Waals surface area (Å²) < 4.78 is 5.27. The maximum Gasteiger partial charge on any atom is 0.315 e. The lowest BCUT2D eigenvalue weighted by atomic mass is 10.0. The zero-order valence-corrected chi connectivity index (χ0v) is 18.7. The normalized spacial score (nSPS) is 15.7. The number of fused-ring (bicyclic) bond motifs is 2. The Bertz CT molecular complexity index is 1220. The predicted molar refractivity (Wildman–Crippen MR) is 130 cm³/mol. The molecule has 1 aliphatic rings. The van der Waals surface area contributed by atoms with E-state index in [4.69, 9.17) is 9.72 Å². The van der Waals surface area contributed by atoms with Crippen LogP contribution in [-0.4, -0.2) is 29.7 Å². The van der Waals surface area contributed by atoms with Crippen LogP contribution < -0.4 is 15.4 Å². The summed E-state index contributed by atoms with van der Waals surface area (Å²) in [5.74, 6) is 1.91. The Hall–Kier alpha value is -3.80. The maximum absolute atomic E-state index is 12.9. The SMILES string of the molecule is COc1ccc(C[C@@H](NC(=O)NCC2CCc3ccccc32)c2nc3ccccc3[nH]2)cc1. The third kappa shape index (κ3) is 4.70. The summed E-state index contributed by atoms with van der Waals surface area (Å²) in [5, 5.41) is 6.24. The fourth-order valence-electron chi connectivity index (χ4n) is 4.63. The van der Waals surface area contributed by atoms with Gasteiger partial charge in [-0.1, -0.05) is 48.5 Å². The highest BCUT2D eigenvalue weighted by Crippen LogP contribution is 2.32. The highest BCUT2D eigenvalue weighted by molar-refractivity contribution is 5.76. The number of aromatic amines is 1. The van der Waals surface area contributed by atoms with Crippen molar-refractivity contribution in [2.24, 2.45) is 0 Å². The number of aryl methyl sites for hydroxylation is 1. The number of amides is 2. The number of hydrogen-bond donors (Lipinski definition) is 3. The minimum absolute atomic E-state index is 0.182. The van der Waals surface area contributed by atoms with Crippen LogP contribution in [0.4, 0.5) is 4.79 Å². The molecule has 6 heteroatoms. The molecule has 1 aliphatic carbocycles. The van der Waals surface area contributed by atoms with Crippen molar-refractivity contribution in [1.29, 1.82) is 0 Å². The van der Waals surface area contributed by atoms with E-state index in [9.17, 15) is 4.79 Å². The molecule has 0 bridgehead atoms. The molecule has 168 valence electrons. The number of H-pyrrole nitrogens is 1. The largest absolute Gasteiger partial charge is 0.497 e. The van der Waals surface area contributed by atoms with Gasteiger partial charge in [0.05, 0.1) is 24.2 Å². The number of urea groups is 1. The van der Waals surface area contributed by atoms with Gasteiger partial charge in [-0.25, -0.2) is 9.78 Å². The Morgan fingerprint density at radius 2 is 1.88 bits per heavy atom. The van der Waals surface area contributed by atoms with Gasteiger partial charge in [-0.3, -0.25) is 0 Å². The first-order chi connectivity index (χ1) is 16.2. The van der Waals surface area contributed by atoms with E-state index in [0.717, 1.165) is 41.0 Å². The molecular formula is C27H28N4O2. The molecule has 5 rings (SSSR count). The van der Waals surface area contributed by atoms with Crippen LogP contribution in [0.2, 0.25) is 0 Å². The van der Waals surface area contributed by atoms with Crippen molar-refractivity contribution < 1.29 is 9.53 Å². The molecule has 0 radical (unpaired) electrons. The van der Waals surface area contributed by atoms with Crippen LogP contribution >= 0.6 is 0 Å². The summed E-state index contributed by atoms with van der Waals surface area (Å²) in [6, 6.07) is 23.8. The van der Waals surface area contributed by atoms with Crippen LogP contribution in [0.3, 0.4) is 0 Å². The van der Waals surface area contributed by atoms with Crippen molar-refractivity contribution in [3.63, 3.8) is 0 Å². The molecule has 3 N–H and O–H groups in total. The van der Waals surface area contributed by atoms with Crippen LogP contribution in [0.25, 0.3) is 11.0 Å². The second kappa shape index (κ2) is 9.36. The number of nitrogens with zero attached hydrogens (tertiary/aromatic N) is 1. The summed E-state index contributed by atoms with van der Waals surface area (Å²) in [7, 11) is 1.65. The predicted octanol–water partition coefficient (Wildman–Crippen LogP) is 4.88. The standard InChI is InChI=1S/C27H28N4O2/c1-33-21-14-10-18(11-15-21)16-25(26-29-23-8-4-5-9-24(23)30-26)31-27(32)28-17-20-13-12-19-6-2-3-7-22(19)20/h2-11,14-15,20,25H,12-13,16-17H2,1H3,(H,29,30)(H2,28,31,32)/t20?,25-/m1/s1. The van der Waals surface area contributed by atoms with E-state index >= 15 is 0 Å². The van der Waals surface area contributed by atoms with Crippen molar-refractivity contribution in [3.05, 3.63) is 95.3 Å². The van der Waals surface area contributed by atoms with Gasteiger partial charge in [0.2, 0.25) is 0 Å². The number of methoxy groups -OCH3 is 1. The molecule has 4 aromatic rings. The Labute approximate surface area is 193 Å². The second-order valence-corrected chi connectivity index (χ2v) is 8.53. The highest BCUT2D eigenvalue weighted by atomic mass is 16.5. The van der Waals surface area contributed by atoms with Gasteiger partial charge >= 0.3 is 6.03 Å². The molecule has 3 aromatic carbocycles. The van der Waals surface area contributed by atoms with Gasteiger partial charge in [0.25, 0.3) is 0 Å². The van der Waals surface area contributed by atoms with Crippen LogP contribution in [0.15, 0.2) is 72.8 Å². The number of imidazole rings is 1. The first-order valence-corrected chi connectivity index (χ1v) is 11.4. The van der Waals surface area contributed by atoms with Gasteiger partial charge in [-0.15, -0.1) is 0 Å². The summed E-state index contributed by atoms with van der Waals surface area (Å²) in [6.07, 6.45) is 2.76. The average Bonchev–Trinajstić information content (AvgIpc) is 3.47. The van der Waals surface area contributed by atoms with E-state index in [1.54, 1.807) is 7.11 Å². The number of carbonyl (C=O) groups excluding carboxylic acids is 1. The highest BCUT2D eigenvalue weighted by Gasteiger charge is 2.24. The molecule has 0 spiro atoms. The molecule has 0 saturated carbocycles. The topological polar surface area (TPSA) is 79.0 Å². The molecule has 0 saturated heterocycles. The second-order valence-electron chi connectivity index (χ2n) is 8.53. The van der Waals surface area contributed by atoms with E-state index < -0.39 is 0 Å². The van der Waals surface area contributed by atoms with E-state index in [1.165, 1.54) is 11.1 Å². The van der Waals surface area contributed by atoms with E-state index in [-0.39, 0.29) is 12.1 Å². The maximum atomic E-state index is 12.9. The zero-order valence-electron chi connectivity index (χ0n) is 18.7. The van der Waals surface area contributed by atoms with Crippen molar-refractivity contribution in [3.8, 4) is 5.75 Å². The van der Waals surface area contributed by atoms with Crippen molar-refractivity contribution >= 4 is 17.1 Å². The fourth-order valence-corrected chi connectivity index (χ4v) is 4.63. The summed E-state index contributed by atoms with van der Waals surface area (Å²) in [5.41, 5.74) is 5.68. The molecule has 1 aromatic heterocycles. The molecule has 33 heavy (non-hydrogen) atoms.